The summed E-state index contributed by atoms with van der Waals surface area (Å²) in [6.45, 7) is 6.82. The van der Waals surface area contributed by atoms with E-state index in [1.807, 2.05) is 0 Å². The Morgan fingerprint density at radius 1 is 1.42 bits per heavy atom. The molecule has 1 saturated heterocycles. The number of thiophene rings is 1. The van der Waals surface area contributed by atoms with Crippen LogP contribution in [-0.4, -0.2) is 55.0 Å². The highest BCUT2D eigenvalue weighted by Crippen LogP contribution is 2.26. The number of hydrogen-bond acceptors (Lipinski definition) is 5. The van der Waals surface area contributed by atoms with Crippen LogP contribution in [0.2, 0.25) is 0 Å². The van der Waals surface area contributed by atoms with Crippen LogP contribution in [0, 0.1) is 0 Å². The summed E-state index contributed by atoms with van der Waals surface area (Å²) in [5.74, 6) is 0. The van der Waals surface area contributed by atoms with Gasteiger partial charge < -0.3 is 5.11 Å². The van der Waals surface area contributed by atoms with Crippen molar-refractivity contribution in [2.24, 2.45) is 0 Å². The van der Waals surface area contributed by atoms with Gasteiger partial charge in [-0.15, -0.1) is 11.3 Å². The Kier molecular flexibility index (Phi) is 4.62. The molecule has 0 amide bonds. The van der Waals surface area contributed by atoms with Gasteiger partial charge in [0.25, 0.3) is 10.0 Å². The van der Waals surface area contributed by atoms with E-state index in [9.17, 15) is 8.42 Å². The molecule has 0 saturated carbocycles. The molecule has 1 aromatic heterocycles. The van der Waals surface area contributed by atoms with Crippen molar-refractivity contribution in [3.05, 3.63) is 17.0 Å². The molecule has 0 aliphatic carbocycles. The molecule has 1 fully saturated rings. The zero-order valence-electron chi connectivity index (χ0n) is 11.2. The molecule has 0 radical (unpaired) electrons. The minimum Gasteiger partial charge on any atom is -0.391 e. The molecule has 1 aliphatic rings. The number of sulfonamides is 1. The maximum absolute atomic E-state index is 12.5. The first kappa shape index (κ1) is 14.9. The van der Waals surface area contributed by atoms with Crippen molar-refractivity contribution in [1.29, 1.82) is 0 Å². The predicted octanol–water partition coefficient (Wildman–Crippen LogP) is 0.955. The Balaban J connectivity index is 2.17. The molecular weight excluding hydrogens is 284 g/mol. The number of likely N-dealkylation sites (N-methyl/N-ethyl adjacent to an activating group) is 1. The molecule has 1 aromatic rings. The quantitative estimate of drug-likeness (QED) is 0.900. The second kappa shape index (κ2) is 5.88. The van der Waals surface area contributed by atoms with E-state index in [1.54, 1.807) is 16.4 Å². The van der Waals surface area contributed by atoms with Crippen LogP contribution in [0.3, 0.4) is 0 Å². The van der Waals surface area contributed by atoms with E-state index in [-0.39, 0.29) is 12.6 Å². The van der Waals surface area contributed by atoms with Crippen molar-refractivity contribution in [3.63, 3.8) is 0 Å². The number of aliphatic hydroxyl groups is 1. The number of aliphatic hydroxyl groups excluding tert-OH is 1. The maximum atomic E-state index is 12.5. The minimum atomic E-state index is -3.40. The highest BCUT2D eigenvalue weighted by atomic mass is 32.2. The minimum absolute atomic E-state index is 0.111. The fourth-order valence-corrected chi connectivity index (χ4v) is 5.24. The zero-order valence-corrected chi connectivity index (χ0v) is 12.9. The Bertz CT molecular complexity index is 527. The fourth-order valence-electron chi connectivity index (χ4n) is 2.36. The van der Waals surface area contributed by atoms with Crippen LogP contribution in [0.5, 0.6) is 0 Å². The molecule has 1 unspecified atom stereocenters. The van der Waals surface area contributed by atoms with Crippen molar-refractivity contribution in [2.75, 3.05) is 26.2 Å². The van der Waals surface area contributed by atoms with Gasteiger partial charge in [0.2, 0.25) is 0 Å². The summed E-state index contributed by atoms with van der Waals surface area (Å²) in [6.07, 6.45) is 0. The summed E-state index contributed by atoms with van der Waals surface area (Å²) in [4.78, 5) is 2.96. The Morgan fingerprint density at radius 2 is 2.16 bits per heavy atom. The van der Waals surface area contributed by atoms with E-state index in [0.717, 1.165) is 24.4 Å². The predicted molar refractivity (Wildman–Crippen MR) is 75.7 cm³/mol. The first-order valence-electron chi connectivity index (χ1n) is 6.42. The van der Waals surface area contributed by atoms with Gasteiger partial charge in [-0.3, -0.25) is 4.90 Å². The molecule has 0 aromatic carbocycles. The normalized spacial score (nSPS) is 22.8. The molecule has 1 N–H and O–H groups in total. The van der Waals surface area contributed by atoms with Crippen molar-refractivity contribution in [3.8, 4) is 0 Å². The van der Waals surface area contributed by atoms with Gasteiger partial charge in [0, 0.05) is 30.6 Å². The van der Waals surface area contributed by atoms with Crippen LogP contribution >= 0.6 is 11.3 Å². The molecule has 108 valence electrons. The van der Waals surface area contributed by atoms with Crippen LogP contribution in [0.4, 0.5) is 0 Å². The Hall–Kier alpha value is -0.470. The summed E-state index contributed by atoms with van der Waals surface area (Å²) in [7, 11) is -3.40. The summed E-state index contributed by atoms with van der Waals surface area (Å²) in [5.41, 5.74) is 0. The third-order valence-corrected chi connectivity index (χ3v) is 6.92. The third kappa shape index (κ3) is 3.00. The molecule has 5 nitrogen and oxygen atoms in total. The fraction of sp³-hybridized carbons (Fsp3) is 0.667. The zero-order chi connectivity index (χ0) is 14.0. The maximum Gasteiger partial charge on any atom is 0.252 e. The highest BCUT2D eigenvalue weighted by molar-refractivity contribution is 7.91. The SMILES string of the molecule is CCN1CCN(S(=O)(=O)c2ccc(CO)s2)CC1C. The molecule has 19 heavy (non-hydrogen) atoms. The second-order valence-corrected chi connectivity index (χ2v) is 8.05. The van der Waals surface area contributed by atoms with E-state index in [4.69, 9.17) is 5.11 Å². The van der Waals surface area contributed by atoms with Gasteiger partial charge in [0.1, 0.15) is 4.21 Å². The van der Waals surface area contributed by atoms with Gasteiger partial charge in [-0.25, -0.2) is 8.42 Å². The smallest absolute Gasteiger partial charge is 0.252 e. The number of rotatable bonds is 4. The lowest BCUT2D eigenvalue weighted by Crippen LogP contribution is -2.53. The van der Waals surface area contributed by atoms with E-state index < -0.39 is 10.0 Å². The highest BCUT2D eigenvalue weighted by Gasteiger charge is 2.32. The summed E-state index contributed by atoms with van der Waals surface area (Å²) in [5, 5.41) is 9.03. The van der Waals surface area contributed by atoms with Crippen LogP contribution in [0.25, 0.3) is 0 Å². The van der Waals surface area contributed by atoms with Crippen LogP contribution < -0.4 is 0 Å². The van der Waals surface area contributed by atoms with Gasteiger partial charge >= 0.3 is 0 Å². The summed E-state index contributed by atoms with van der Waals surface area (Å²) in [6, 6.07) is 3.50. The molecule has 1 atom stereocenters. The lowest BCUT2D eigenvalue weighted by Gasteiger charge is -2.38. The summed E-state index contributed by atoms with van der Waals surface area (Å²) < 4.78 is 26.9. The average molecular weight is 304 g/mol. The Labute approximate surface area is 118 Å². The van der Waals surface area contributed by atoms with Gasteiger partial charge in [-0.2, -0.15) is 4.31 Å². The van der Waals surface area contributed by atoms with Crippen molar-refractivity contribution >= 4 is 21.4 Å². The first-order chi connectivity index (χ1) is 8.98. The Morgan fingerprint density at radius 3 is 2.68 bits per heavy atom. The standard InChI is InChI=1S/C12H20N2O3S2/c1-3-13-6-7-14(8-10(13)2)19(16,17)12-5-4-11(9-15)18-12/h4-5,10,15H,3,6-9H2,1-2H3. The van der Waals surface area contributed by atoms with E-state index in [1.165, 1.54) is 0 Å². The molecular formula is C12H20N2O3S2. The molecule has 0 spiro atoms. The molecule has 7 heteroatoms. The second-order valence-electron chi connectivity index (χ2n) is 4.72. The van der Waals surface area contributed by atoms with Crippen molar-refractivity contribution in [2.45, 2.75) is 30.7 Å². The lowest BCUT2D eigenvalue weighted by atomic mass is 10.2. The largest absolute Gasteiger partial charge is 0.391 e. The topological polar surface area (TPSA) is 60.9 Å². The van der Waals surface area contributed by atoms with Gasteiger partial charge in [-0.1, -0.05) is 6.92 Å². The van der Waals surface area contributed by atoms with E-state index in [0.29, 0.717) is 22.2 Å². The van der Waals surface area contributed by atoms with Crippen LogP contribution in [-0.2, 0) is 16.6 Å². The van der Waals surface area contributed by atoms with Gasteiger partial charge in [0.05, 0.1) is 6.61 Å². The van der Waals surface area contributed by atoms with Crippen LogP contribution in [0.15, 0.2) is 16.3 Å². The van der Waals surface area contributed by atoms with Crippen LogP contribution in [0.1, 0.15) is 18.7 Å². The number of hydrogen-bond donors (Lipinski definition) is 1. The van der Waals surface area contributed by atoms with Gasteiger partial charge in [0.15, 0.2) is 0 Å². The number of nitrogens with zero attached hydrogens (tertiary/aromatic N) is 2. The first-order valence-corrected chi connectivity index (χ1v) is 8.68. The molecule has 1 aliphatic heterocycles. The number of piperazine rings is 1. The van der Waals surface area contributed by atoms with E-state index >= 15 is 0 Å². The lowest BCUT2D eigenvalue weighted by molar-refractivity contribution is 0.136. The van der Waals surface area contributed by atoms with Gasteiger partial charge in [-0.05, 0) is 25.6 Å². The van der Waals surface area contributed by atoms with Crippen molar-refractivity contribution < 1.29 is 13.5 Å². The monoisotopic (exact) mass is 304 g/mol. The average Bonchev–Trinajstić information content (AvgIpc) is 2.88. The van der Waals surface area contributed by atoms with E-state index in [2.05, 4.69) is 18.7 Å². The van der Waals surface area contributed by atoms with Crippen molar-refractivity contribution in [1.82, 2.24) is 9.21 Å². The molecule has 2 heterocycles. The molecule has 2 rings (SSSR count). The summed E-state index contributed by atoms with van der Waals surface area (Å²) >= 11 is 1.15. The molecule has 0 bridgehead atoms. The third-order valence-electron chi connectivity index (χ3n) is 3.52.